The van der Waals surface area contributed by atoms with E-state index in [1.54, 1.807) is 20.1 Å². The van der Waals surface area contributed by atoms with Crippen LogP contribution in [0.2, 0.25) is 0 Å². The van der Waals surface area contributed by atoms with Crippen LogP contribution in [0.1, 0.15) is 193 Å². The molecule has 70 heavy (non-hydrogen) atoms. The summed E-state index contributed by atoms with van der Waals surface area (Å²) in [6.07, 6.45) is 13.0. The Labute approximate surface area is 421 Å². The van der Waals surface area contributed by atoms with E-state index in [1.807, 2.05) is 26.8 Å². The lowest BCUT2D eigenvalue weighted by Crippen LogP contribution is -2.62. The second-order valence-corrected chi connectivity index (χ2v) is 27.9. The summed E-state index contributed by atoms with van der Waals surface area (Å²) in [6.45, 7) is 27.4. The minimum Gasteiger partial charge on any atom is -0.390 e. The van der Waals surface area contributed by atoms with Crippen molar-refractivity contribution in [2.75, 3.05) is 7.11 Å². The fraction of sp³-hybridized carbons (Fsp3) is 0.898. The SMILES string of the molecule is CC(C)CC[C@@H](O)[C@](C)(O)C1CC[C@@]2(O)C3=CC(=O)C4C[C@H]5OC(C)(C)O[C@H]5CC4(C)C3CCC12C.CO[C@H](CCC(C)C)[C@](C)(O)C1CC[C@@]2(C)C3=CC(=O)C4C[C@@H](O)[C@@H](O)CC4(C)C3CCC12C. The summed E-state index contributed by atoms with van der Waals surface area (Å²) in [5, 5.41) is 68.0. The number of carbonyl (C=O) groups is 2. The van der Waals surface area contributed by atoms with Crippen LogP contribution < -0.4 is 0 Å². The molecule has 398 valence electrons. The number of fused-ring (bicyclic) bond motifs is 11. The molecule has 1 aliphatic heterocycles. The summed E-state index contributed by atoms with van der Waals surface area (Å²) in [4.78, 5) is 27.1. The normalized spacial score (nSPS) is 47.4. The maximum absolute atomic E-state index is 13.6. The molecule has 0 bridgehead atoms. The van der Waals surface area contributed by atoms with Crippen molar-refractivity contribution >= 4 is 11.6 Å². The third kappa shape index (κ3) is 8.37. The first kappa shape index (κ1) is 54.7. The van der Waals surface area contributed by atoms with Gasteiger partial charge < -0.3 is 44.8 Å². The molecule has 1 saturated heterocycles. The van der Waals surface area contributed by atoms with Crippen molar-refractivity contribution in [1.29, 1.82) is 0 Å². The Morgan fingerprint density at radius 3 is 1.77 bits per heavy atom. The Kier molecular flexibility index (Phi) is 14.3. The predicted molar refractivity (Wildman–Crippen MR) is 270 cm³/mol. The average Bonchev–Trinajstić information content (AvgIpc) is 3.84. The van der Waals surface area contributed by atoms with E-state index in [1.165, 1.54) is 5.57 Å². The Hall–Kier alpha value is -1.54. The zero-order valence-corrected chi connectivity index (χ0v) is 45.8. The predicted octanol–water partition coefficient (Wildman–Crippen LogP) is 9.21. The zero-order valence-electron chi connectivity index (χ0n) is 45.8. The zero-order chi connectivity index (χ0) is 51.7. The summed E-state index contributed by atoms with van der Waals surface area (Å²) < 4.78 is 18.3. The molecule has 8 aliphatic carbocycles. The van der Waals surface area contributed by atoms with E-state index < -0.39 is 46.3 Å². The van der Waals surface area contributed by atoms with Crippen molar-refractivity contribution in [2.45, 2.75) is 252 Å². The molecule has 10 unspecified atom stereocenters. The van der Waals surface area contributed by atoms with Crippen LogP contribution >= 0.6 is 0 Å². The Balaban J connectivity index is 0.000000189. The summed E-state index contributed by atoms with van der Waals surface area (Å²) in [5.74, 6) is 0.410. The topological polar surface area (TPSA) is 183 Å². The molecule has 0 aromatic carbocycles. The highest BCUT2D eigenvalue weighted by Crippen LogP contribution is 2.73. The highest BCUT2D eigenvalue weighted by molar-refractivity contribution is 5.95. The van der Waals surface area contributed by atoms with Crippen molar-refractivity contribution in [3.8, 4) is 0 Å². The smallest absolute Gasteiger partial charge is 0.163 e. The maximum Gasteiger partial charge on any atom is 0.163 e. The lowest BCUT2D eigenvalue weighted by molar-refractivity contribution is -0.173. The van der Waals surface area contributed by atoms with Crippen LogP contribution in [0.4, 0.5) is 0 Å². The second-order valence-electron chi connectivity index (χ2n) is 27.9. The molecule has 11 heteroatoms. The molecule has 0 aromatic rings. The Morgan fingerprint density at radius 1 is 0.643 bits per heavy atom. The third-order valence-electron chi connectivity index (χ3n) is 22.7. The molecule has 9 aliphatic rings. The summed E-state index contributed by atoms with van der Waals surface area (Å²) in [7, 11) is 1.72. The minimum atomic E-state index is -1.30. The number of methoxy groups -OCH3 is 1. The van der Waals surface area contributed by atoms with Gasteiger partial charge in [0.1, 0.15) is 0 Å². The molecular weight excluding hydrogens is 885 g/mol. The first-order valence-electron chi connectivity index (χ1n) is 27.9. The van der Waals surface area contributed by atoms with E-state index in [0.29, 0.717) is 50.4 Å². The number of aliphatic hydroxyl groups is 6. The number of carbonyl (C=O) groups excluding carboxylic acids is 2. The van der Waals surface area contributed by atoms with Crippen LogP contribution in [0.3, 0.4) is 0 Å². The minimum absolute atomic E-state index is 0.0375. The van der Waals surface area contributed by atoms with Crippen LogP contribution in [0.5, 0.6) is 0 Å². The van der Waals surface area contributed by atoms with Gasteiger partial charge in [0.25, 0.3) is 0 Å². The molecule has 6 saturated carbocycles. The molecule has 9 rings (SSSR count). The lowest BCUT2D eigenvalue weighted by Gasteiger charge is -2.62. The molecule has 1 heterocycles. The van der Waals surface area contributed by atoms with E-state index in [0.717, 1.165) is 69.8 Å². The fourth-order valence-electron chi connectivity index (χ4n) is 18.3. The number of ether oxygens (including phenoxy) is 3. The van der Waals surface area contributed by atoms with Crippen molar-refractivity contribution in [3.05, 3.63) is 23.3 Å². The van der Waals surface area contributed by atoms with Gasteiger partial charge in [0, 0.05) is 24.4 Å². The van der Waals surface area contributed by atoms with E-state index in [2.05, 4.69) is 62.3 Å². The largest absolute Gasteiger partial charge is 0.390 e. The molecule has 0 spiro atoms. The van der Waals surface area contributed by atoms with Crippen LogP contribution in [0, 0.1) is 74.4 Å². The van der Waals surface area contributed by atoms with E-state index in [-0.39, 0.29) is 87.0 Å². The van der Waals surface area contributed by atoms with Gasteiger partial charge in [-0.05, 0) is 205 Å². The Bertz CT molecular complexity index is 2060. The van der Waals surface area contributed by atoms with Gasteiger partial charge in [-0.25, -0.2) is 0 Å². The number of aliphatic hydroxyl groups excluding tert-OH is 3. The average molecular weight is 981 g/mol. The van der Waals surface area contributed by atoms with Gasteiger partial charge in [0.15, 0.2) is 17.4 Å². The summed E-state index contributed by atoms with van der Waals surface area (Å²) in [6, 6.07) is 0. The maximum atomic E-state index is 13.6. The van der Waals surface area contributed by atoms with Gasteiger partial charge in [-0.15, -0.1) is 0 Å². The highest BCUT2D eigenvalue weighted by Gasteiger charge is 2.71. The Morgan fingerprint density at radius 2 is 1.16 bits per heavy atom. The van der Waals surface area contributed by atoms with Crippen LogP contribution in [0.15, 0.2) is 23.3 Å². The molecular formula is C59H96O11. The fourth-order valence-corrected chi connectivity index (χ4v) is 18.3. The molecule has 6 N–H and O–H groups in total. The highest BCUT2D eigenvalue weighted by atomic mass is 16.8. The summed E-state index contributed by atoms with van der Waals surface area (Å²) >= 11 is 0. The quantitative estimate of drug-likeness (QED) is 0.116. The first-order chi connectivity index (χ1) is 32.3. The summed E-state index contributed by atoms with van der Waals surface area (Å²) in [5.41, 5.74) is -2.82. The van der Waals surface area contributed by atoms with E-state index in [9.17, 15) is 40.2 Å². The molecule has 7 fully saturated rings. The number of hydrogen-bond acceptors (Lipinski definition) is 11. The van der Waals surface area contributed by atoms with E-state index >= 15 is 0 Å². The number of hydrogen-bond donors (Lipinski definition) is 6. The first-order valence-corrected chi connectivity index (χ1v) is 27.9. The number of rotatable bonds is 11. The van der Waals surface area contributed by atoms with Crippen LogP contribution in [-0.4, -0.2) is 109 Å². The van der Waals surface area contributed by atoms with Crippen molar-refractivity contribution in [1.82, 2.24) is 0 Å². The standard InChI is InChI=1S/C30H48O6.C29H48O5/c1-17(2)8-9-25(32)29(7,33)24-11-13-30(34)19-14-21(31)20-15-22-23(36-26(3,4)35-22)16-27(20,5)18(19)10-12-28(24,30)6;1-17(2)8-9-25(34-7)29(6,33)24-11-13-27(4)19-14-21(30)20-15-22(31)23(32)16-26(20,3)18(19)10-12-28(24,27)5/h14,17-18,20,22-25,32-34H,8-13,15-16H2,1-7H3;14,17-18,20,22-25,31-33H,8-13,15-16H2,1-7H3/t18?,20?,22-,23+,24?,25-,27?,28?,29-,30-;18?,20?,22-,23+,24?,25-,26?,27+,28?,29-/m11/s1. The lowest BCUT2D eigenvalue weighted by atomic mass is 9.43. The van der Waals surface area contributed by atoms with Crippen LogP contribution in [0.25, 0.3) is 0 Å². The van der Waals surface area contributed by atoms with Crippen molar-refractivity contribution < 1.29 is 54.4 Å². The number of ketones is 2. The van der Waals surface area contributed by atoms with Gasteiger partial charge in [-0.1, -0.05) is 67.9 Å². The third-order valence-corrected chi connectivity index (χ3v) is 22.7. The van der Waals surface area contributed by atoms with Crippen molar-refractivity contribution in [2.24, 2.45) is 74.4 Å². The second kappa shape index (κ2) is 18.3. The van der Waals surface area contributed by atoms with Gasteiger partial charge in [-0.3, -0.25) is 9.59 Å². The molecule has 0 amide bonds. The molecule has 0 radical (unpaired) electrons. The molecule has 0 aromatic heterocycles. The monoisotopic (exact) mass is 981 g/mol. The number of allylic oxidation sites excluding steroid dienone is 3. The van der Waals surface area contributed by atoms with Crippen LogP contribution in [-0.2, 0) is 23.8 Å². The van der Waals surface area contributed by atoms with Gasteiger partial charge in [-0.2, -0.15) is 0 Å². The van der Waals surface area contributed by atoms with Gasteiger partial charge >= 0.3 is 0 Å². The van der Waals surface area contributed by atoms with Crippen molar-refractivity contribution in [3.63, 3.8) is 0 Å². The molecule has 11 nitrogen and oxygen atoms in total. The van der Waals surface area contributed by atoms with E-state index in [4.69, 9.17) is 14.2 Å². The van der Waals surface area contributed by atoms with Gasteiger partial charge in [0.05, 0.1) is 53.4 Å². The molecule has 20 atom stereocenters. The van der Waals surface area contributed by atoms with Gasteiger partial charge in [0.2, 0.25) is 0 Å².